The van der Waals surface area contributed by atoms with Crippen LogP contribution in [0.3, 0.4) is 0 Å². The topological polar surface area (TPSA) is 24.1 Å². The van der Waals surface area contributed by atoms with E-state index in [9.17, 15) is 0 Å². The van der Waals surface area contributed by atoms with Gasteiger partial charge in [-0.1, -0.05) is 13.8 Å². The van der Waals surface area contributed by atoms with E-state index in [0.717, 1.165) is 5.92 Å². The van der Waals surface area contributed by atoms with E-state index in [4.69, 9.17) is 0 Å². The second kappa shape index (κ2) is 3.94. The Labute approximate surface area is 63.4 Å². The van der Waals surface area contributed by atoms with Gasteiger partial charge in [0.25, 0.3) is 0 Å². The van der Waals surface area contributed by atoms with Crippen LogP contribution in [0.25, 0.3) is 0 Å². The van der Waals surface area contributed by atoms with Gasteiger partial charge in [-0.15, -0.1) is 0 Å². The van der Waals surface area contributed by atoms with Crippen molar-refractivity contribution in [2.75, 3.05) is 19.6 Å². The monoisotopic (exact) mass is 142 g/mol. The number of rotatable bonds is 3. The van der Waals surface area contributed by atoms with Crippen LogP contribution in [0.15, 0.2) is 0 Å². The molecule has 0 aromatic carbocycles. The maximum absolute atomic E-state index is 3.45. The molecular weight excluding hydrogens is 124 g/mol. The smallest absolute Gasteiger partial charge is 0.00105 e. The normalized spacial score (nSPS) is 26.1. The molecule has 0 bridgehead atoms. The van der Waals surface area contributed by atoms with Crippen LogP contribution >= 0.6 is 0 Å². The van der Waals surface area contributed by atoms with E-state index in [0.29, 0.717) is 6.04 Å². The molecule has 0 spiro atoms. The third-order valence-electron chi connectivity index (χ3n) is 1.98. The highest BCUT2D eigenvalue weighted by molar-refractivity contribution is 4.73. The summed E-state index contributed by atoms with van der Waals surface area (Å²) in [5.74, 6) is 0.877. The standard InChI is InChI=1S/C8H18N2/c1-7(2)10-6-8-3-4-9-5-8/h7-10H,3-6H2,1-2H3/t8-/m0/s1. The molecule has 2 N–H and O–H groups in total. The van der Waals surface area contributed by atoms with E-state index in [2.05, 4.69) is 24.5 Å². The van der Waals surface area contributed by atoms with Crippen molar-refractivity contribution in [3.63, 3.8) is 0 Å². The van der Waals surface area contributed by atoms with Crippen LogP contribution in [0.5, 0.6) is 0 Å². The van der Waals surface area contributed by atoms with E-state index in [-0.39, 0.29) is 0 Å². The summed E-state index contributed by atoms with van der Waals surface area (Å²) in [6.07, 6.45) is 1.35. The Balaban J connectivity index is 2.01. The average Bonchev–Trinajstić information content (AvgIpc) is 2.34. The molecule has 60 valence electrons. The van der Waals surface area contributed by atoms with E-state index < -0.39 is 0 Å². The molecule has 0 aromatic rings. The van der Waals surface area contributed by atoms with Crippen molar-refractivity contribution in [1.29, 1.82) is 0 Å². The summed E-state index contributed by atoms with van der Waals surface area (Å²) in [5.41, 5.74) is 0. The summed E-state index contributed by atoms with van der Waals surface area (Å²) in [4.78, 5) is 0. The average molecular weight is 142 g/mol. The highest BCUT2D eigenvalue weighted by atomic mass is 14.9. The van der Waals surface area contributed by atoms with Gasteiger partial charge in [-0.25, -0.2) is 0 Å². The Morgan fingerprint density at radius 2 is 2.40 bits per heavy atom. The molecule has 0 unspecified atom stereocenters. The van der Waals surface area contributed by atoms with Gasteiger partial charge in [0.1, 0.15) is 0 Å². The Morgan fingerprint density at radius 1 is 1.60 bits per heavy atom. The molecule has 0 saturated carbocycles. The van der Waals surface area contributed by atoms with Crippen molar-refractivity contribution < 1.29 is 0 Å². The van der Waals surface area contributed by atoms with E-state index in [1.165, 1.54) is 26.1 Å². The molecule has 2 heteroatoms. The van der Waals surface area contributed by atoms with Crippen molar-refractivity contribution in [3.8, 4) is 0 Å². The van der Waals surface area contributed by atoms with E-state index in [1.807, 2.05) is 0 Å². The van der Waals surface area contributed by atoms with E-state index >= 15 is 0 Å². The van der Waals surface area contributed by atoms with Crippen molar-refractivity contribution in [2.24, 2.45) is 5.92 Å². The second-order valence-corrected chi connectivity index (χ2v) is 3.42. The largest absolute Gasteiger partial charge is 0.316 e. The lowest BCUT2D eigenvalue weighted by Crippen LogP contribution is -2.29. The fourth-order valence-corrected chi connectivity index (χ4v) is 1.29. The highest BCUT2D eigenvalue weighted by Crippen LogP contribution is 2.05. The molecule has 1 aliphatic heterocycles. The molecule has 1 fully saturated rings. The summed E-state index contributed by atoms with van der Waals surface area (Å²) < 4.78 is 0. The first-order chi connectivity index (χ1) is 4.79. The highest BCUT2D eigenvalue weighted by Gasteiger charge is 2.13. The first kappa shape index (κ1) is 8.02. The molecule has 2 nitrogen and oxygen atoms in total. The number of hydrogen-bond donors (Lipinski definition) is 2. The maximum atomic E-state index is 3.45. The van der Waals surface area contributed by atoms with Crippen molar-refractivity contribution in [2.45, 2.75) is 26.3 Å². The lowest BCUT2D eigenvalue weighted by atomic mass is 10.1. The van der Waals surface area contributed by atoms with Crippen LogP contribution in [0.1, 0.15) is 20.3 Å². The predicted octanol–water partition coefficient (Wildman–Crippen LogP) is 0.594. The van der Waals surface area contributed by atoms with Crippen molar-refractivity contribution in [3.05, 3.63) is 0 Å². The molecule has 1 saturated heterocycles. The van der Waals surface area contributed by atoms with Gasteiger partial charge in [-0.2, -0.15) is 0 Å². The third-order valence-corrected chi connectivity index (χ3v) is 1.98. The molecule has 1 heterocycles. The van der Waals surface area contributed by atoms with Crippen molar-refractivity contribution in [1.82, 2.24) is 10.6 Å². The number of nitrogens with one attached hydrogen (secondary N) is 2. The summed E-state index contributed by atoms with van der Waals surface area (Å²) in [6.45, 7) is 8.00. The molecule has 10 heavy (non-hydrogen) atoms. The van der Waals surface area contributed by atoms with E-state index in [1.54, 1.807) is 0 Å². The zero-order chi connectivity index (χ0) is 7.40. The van der Waals surface area contributed by atoms with Gasteiger partial charge in [0, 0.05) is 6.04 Å². The van der Waals surface area contributed by atoms with Gasteiger partial charge in [-0.05, 0) is 32.0 Å². The van der Waals surface area contributed by atoms with Crippen LogP contribution in [-0.2, 0) is 0 Å². The molecule has 0 aromatic heterocycles. The zero-order valence-electron chi connectivity index (χ0n) is 6.98. The van der Waals surface area contributed by atoms with Gasteiger partial charge in [0.2, 0.25) is 0 Å². The summed E-state index contributed by atoms with van der Waals surface area (Å²) in [5, 5.41) is 6.80. The summed E-state index contributed by atoms with van der Waals surface area (Å²) in [7, 11) is 0. The molecule has 1 atom stereocenters. The fourth-order valence-electron chi connectivity index (χ4n) is 1.29. The van der Waals surface area contributed by atoms with Gasteiger partial charge in [0.05, 0.1) is 0 Å². The van der Waals surface area contributed by atoms with Crippen LogP contribution < -0.4 is 10.6 Å². The Bertz CT molecular complexity index is 85.3. The lowest BCUT2D eigenvalue weighted by molar-refractivity contribution is 0.477. The van der Waals surface area contributed by atoms with Crippen LogP contribution in [0, 0.1) is 5.92 Å². The third kappa shape index (κ3) is 2.67. The quantitative estimate of drug-likeness (QED) is 0.603. The summed E-state index contributed by atoms with van der Waals surface area (Å²) in [6, 6.07) is 0.639. The minimum absolute atomic E-state index is 0.639. The minimum Gasteiger partial charge on any atom is -0.316 e. The second-order valence-electron chi connectivity index (χ2n) is 3.42. The number of hydrogen-bond acceptors (Lipinski definition) is 2. The van der Waals surface area contributed by atoms with Gasteiger partial charge >= 0.3 is 0 Å². The molecule has 0 aliphatic carbocycles. The fraction of sp³-hybridized carbons (Fsp3) is 1.00. The zero-order valence-corrected chi connectivity index (χ0v) is 6.98. The Kier molecular flexibility index (Phi) is 3.16. The lowest BCUT2D eigenvalue weighted by Gasteiger charge is -2.11. The Morgan fingerprint density at radius 3 is 2.90 bits per heavy atom. The first-order valence-corrected chi connectivity index (χ1v) is 4.23. The molecule has 0 radical (unpaired) electrons. The molecular formula is C8H18N2. The predicted molar refractivity (Wildman–Crippen MR) is 44.1 cm³/mol. The minimum atomic E-state index is 0.639. The van der Waals surface area contributed by atoms with Crippen LogP contribution in [0.2, 0.25) is 0 Å². The first-order valence-electron chi connectivity index (χ1n) is 4.23. The maximum Gasteiger partial charge on any atom is 0.00105 e. The van der Waals surface area contributed by atoms with Crippen LogP contribution in [-0.4, -0.2) is 25.7 Å². The molecule has 1 rings (SSSR count). The van der Waals surface area contributed by atoms with Crippen molar-refractivity contribution >= 4 is 0 Å². The van der Waals surface area contributed by atoms with Gasteiger partial charge in [-0.3, -0.25) is 0 Å². The Hall–Kier alpha value is -0.0800. The molecule has 0 amide bonds. The SMILES string of the molecule is CC(C)NC[C@H]1CCNC1. The van der Waals surface area contributed by atoms with Gasteiger partial charge in [0.15, 0.2) is 0 Å². The molecule has 1 aliphatic rings. The van der Waals surface area contributed by atoms with Gasteiger partial charge < -0.3 is 10.6 Å². The summed E-state index contributed by atoms with van der Waals surface area (Å²) >= 11 is 0. The van der Waals surface area contributed by atoms with Crippen LogP contribution in [0.4, 0.5) is 0 Å².